The Morgan fingerprint density at radius 3 is 2.90 bits per heavy atom. The number of anilines is 2. The zero-order chi connectivity index (χ0) is 21.5. The van der Waals surface area contributed by atoms with E-state index in [1.165, 1.54) is 16.7 Å². The first-order valence-electron chi connectivity index (χ1n) is 9.62. The molecule has 5 rings (SSSR count). The van der Waals surface area contributed by atoms with E-state index >= 15 is 0 Å². The number of rotatable bonds is 4. The summed E-state index contributed by atoms with van der Waals surface area (Å²) >= 11 is 5.87. The molecule has 0 atom stereocenters. The Morgan fingerprint density at radius 2 is 2.06 bits per heavy atom. The third-order valence-electron chi connectivity index (χ3n) is 5.24. The van der Waals surface area contributed by atoms with E-state index in [9.17, 15) is 9.18 Å². The van der Waals surface area contributed by atoms with Gasteiger partial charge in [-0.2, -0.15) is 4.98 Å². The Kier molecular flexibility index (Phi) is 4.67. The lowest BCUT2D eigenvalue weighted by molar-refractivity contribution is 0.627. The minimum atomic E-state index is -0.486. The van der Waals surface area contributed by atoms with E-state index in [1.54, 1.807) is 25.4 Å². The van der Waals surface area contributed by atoms with Crippen LogP contribution in [0.25, 0.3) is 21.9 Å². The van der Waals surface area contributed by atoms with Crippen LogP contribution in [0.4, 0.5) is 16.0 Å². The number of aromatic amines is 1. The summed E-state index contributed by atoms with van der Waals surface area (Å²) in [6, 6.07) is 14.1. The number of benzene rings is 2. The second-order valence-electron chi connectivity index (χ2n) is 7.30. The van der Waals surface area contributed by atoms with E-state index < -0.39 is 5.82 Å². The molecular formula is C23H17ClFN5O. The number of aromatic nitrogens is 4. The molecule has 154 valence electrons. The maximum atomic E-state index is 13.4. The minimum Gasteiger partial charge on any atom is -0.361 e. The van der Waals surface area contributed by atoms with Gasteiger partial charge >= 0.3 is 0 Å². The average molecular weight is 434 g/mol. The summed E-state index contributed by atoms with van der Waals surface area (Å²) < 4.78 is 14.9. The molecule has 0 aliphatic heterocycles. The molecule has 0 fully saturated rings. The van der Waals surface area contributed by atoms with Crippen LogP contribution < -0.4 is 10.9 Å². The van der Waals surface area contributed by atoms with Gasteiger partial charge in [-0.1, -0.05) is 23.7 Å². The van der Waals surface area contributed by atoms with Crippen molar-refractivity contribution < 1.29 is 4.39 Å². The molecule has 0 aliphatic carbocycles. The highest BCUT2D eigenvalue weighted by Gasteiger charge is 2.12. The first-order chi connectivity index (χ1) is 15.0. The molecule has 0 amide bonds. The Bertz CT molecular complexity index is 1510. The van der Waals surface area contributed by atoms with Crippen molar-refractivity contribution in [2.75, 3.05) is 5.32 Å². The molecule has 2 N–H and O–H groups in total. The number of nitrogens with one attached hydrogen (secondary N) is 2. The van der Waals surface area contributed by atoms with Crippen LogP contribution in [0.5, 0.6) is 0 Å². The van der Waals surface area contributed by atoms with Crippen LogP contribution >= 0.6 is 11.6 Å². The smallest absolute Gasteiger partial charge is 0.255 e. The lowest BCUT2D eigenvalue weighted by Crippen LogP contribution is -2.22. The Labute approximate surface area is 181 Å². The van der Waals surface area contributed by atoms with Crippen molar-refractivity contribution in [2.24, 2.45) is 7.05 Å². The van der Waals surface area contributed by atoms with Crippen LogP contribution in [0.15, 0.2) is 65.7 Å². The van der Waals surface area contributed by atoms with E-state index in [1.807, 2.05) is 30.5 Å². The standard InChI is InChI=1S/C23H17ClFN5O/c1-30-21-15(11-14(22(30)31)9-13-5-6-18(25)17(24)10-13)12-27-23(29-21)28-20-4-2-3-19-16(20)7-8-26-19/h2-8,10-12,26H,9H2,1H3,(H,27,28,29). The van der Waals surface area contributed by atoms with Crippen molar-refractivity contribution in [3.63, 3.8) is 0 Å². The second kappa shape index (κ2) is 7.52. The number of hydrogen-bond donors (Lipinski definition) is 2. The minimum absolute atomic E-state index is 0.0339. The lowest BCUT2D eigenvalue weighted by atomic mass is 10.1. The van der Waals surface area contributed by atoms with Crippen LogP contribution in [0.2, 0.25) is 5.02 Å². The predicted molar refractivity (Wildman–Crippen MR) is 121 cm³/mol. The molecule has 31 heavy (non-hydrogen) atoms. The fourth-order valence-corrected chi connectivity index (χ4v) is 3.89. The van der Waals surface area contributed by atoms with Gasteiger partial charge in [-0.3, -0.25) is 9.36 Å². The summed E-state index contributed by atoms with van der Waals surface area (Å²) in [4.78, 5) is 25.1. The van der Waals surface area contributed by atoms with Crippen LogP contribution in [0, 0.1) is 5.82 Å². The van der Waals surface area contributed by atoms with E-state index in [0.29, 0.717) is 23.6 Å². The quantitative estimate of drug-likeness (QED) is 0.421. The number of fused-ring (bicyclic) bond motifs is 2. The van der Waals surface area contributed by atoms with Crippen molar-refractivity contribution in [3.8, 4) is 0 Å². The molecule has 0 saturated carbocycles. The molecule has 3 heterocycles. The summed E-state index contributed by atoms with van der Waals surface area (Å²) in [7, 11) is 1.68. The largest absolute Gasteiger partial charge is 0.361 e. The Balaban J connectivity index is 1.52. The molecule has 0 spiro atoms. The van der Waals surface area contributed by atoms with Crippen molar-refractivity contribution in [2.45, 2.75) is 6.42 Å². The molecule has 8 heteroatoms. The average Bonchev–Trinajstić information content (AvgIpc) is 3.25. The molecule has 0 bridgehead atoms. The molecule has 0 aliphatic rings. The van der Waals surface area contributed by atoms with Gasteiger partial charge in [0.2, 0.25) is 5.95 Å². The van der Waals surface area contributed by atoms with Crippen molar-refractivity contribution in [1.82, 2.24) is 19.5 Å². The SMILES string of the molecule is Cn1c(=O)c(Cc2ccc(F)c(Cl)c2)cc2cnc(Nc3cccc4[nH]ccc34)nc21. The number of nitrogens with zero attached hydrogens (tertiary/aromatic N) is 3. The molecule has 0 radical (unpaired) electrons. The van der Waals surface area contributed by atoms with Crippen molar-refractivity contribution >= 4 is 45.2 Å². The third kappa shape index (κ3) is 3.53. The molecular weight excluding hydrogens is 417 g/mol. The molecule has 0 saturated heterocycles. The Morgan fingerprint density at radius 1 is 1.19 bits per heavy atom. The van der Waals surface area contributed by atoms with Gasteiger partial charge in [-0.05, 0) is 42.0 Å². The number of pyridine rings is 1. The number of halogens is 2. The van der Waals surface area contributed by atoms with Crippen LogP contribution in [-0.4, -0.2) is 19.5 Å². The van der Waals surface area contributed by atoms with Gasteiger partial charge < -0.3 is 10.3 Å². The normalized spacial score (nSPS) is 11.3. The monoisotopic (exact) mass is 433 g/mol. The van der Waals surface area contributed by atoms with Gasteiger partial charge in [-0.25, -0.2) is 9.37 Å². The highest BCUT2D eigenvalue weighted by Crippen LogP contribution is 2.25. The van der Waals surface area contributed by atoms with Gasteiger partial charge in [0, 0.05) is 47.7 Å². The van der Waals surface area contributed by atoms with Crippen LogP contribution in [0.3, 0.4) is 0 Å². The highest BCUT2D eigenvalue weighted by molar-refractivity contribution is 6.30. The molecule has 3 aromatic heterocycles. The molecule has 5 aromatic rings. The molecule has 0 unspecified atom stereocenters. The van der Waals surface area contributed by atoms with Crippen molar-refractivity contribution in [1.29, 1.82) is 0 Å². The van der Waals surface area contributed by atoms with Gasteiger partial charge in [0.1, 0.15) is 11.5 Å². The Hall–Kier alpha value is -3.71. The zero-order valence-electron chi connectivity index (χ0n) is 16.5. The summed E-state index contributed by atoms with van der Waals surface area (Å²) in [6.45, 7) is 0. The highest BCUT2D eigenvalue weighted by atomic mass is 35.5. The predicted octanol–water partition coefficient (Wildman–Crippen LogP) is 4.94. The third-order valence-corrected chi connectivity index (χ3v) is 5.53. The second-order valence-corrected chi connectivity index (χ2v) is 7.71. The zero-order valence-corrected chi connectivity index (χ0v) is 17.2. The number of aryl methyl sites for hydroxylation is 1. The molecule has 2 aromatic carbocycles. The van der Waals surface area contributed by atoms with E-state index in [0.717, 1.165) is 27.5 Å². The van der Waals surface area contributed by atoms with Crippen molar-refractivity contribution in [3.05, 3.63) is 93.2 Å². The summed E-state index contributed by atoms with van der Waals surface area (Å²) in [5.74, 6) is -0.0881. The summed E-state index contributed by atoms with van der Waals surface area (Å²) in [6.07, 6.45) is 3.89. The maximum absolute atomic E-state index is 13.4. The van der Waals surface area contributed by atoms with E-state index in [-0.39, 0.29) is 10.6 Å². The van der Waals surface area contributed by atoms with E-state index in [2.05, 4.69) is 20.3 Å². The van der Waals surface area contributed by atoms with Crippen LogP contribution in [0.1, 0.15) is 11.1 Å². The first-order valence-corrected chi connectivity index (χ1v) is 10.00. The number of hydrogen-bond acceptors (Lipinski definition) is 4. The molecule has 6 nitrogen and oxygen atoms in total. The first kappa shape index (κ1) is 19.3. The van der Waals surface area contributed by atoms with Crippen LogP contribution in [-0.2, 0) is 13.5 Å². The van der Waals surface area contributed by atoms with Gasteiger partial charge in [0.05, 0.1) is 10.7 Å². The van der Waals surface area contributed by atoms with Gasteiger partial charge in [0.15, 0.2) is 0 Å². The summed E-state index contributed by atoms with van der Waals surface area (Å²) in [5, 5.41) is 5.02. The van der Waals surface area contributed by atoms with E-state index in [4.69, 9.17) is 11.6 Å². The summed E-state index contributed by atoms with van der Waals surface area (Å²) in [5.41, 5.74) is 3.52. The fourth-order valence-electron chi connectivity index (χ4n) is 3.68. The fraction of sp³-hybridized carbons (Fsp3) is 0.0870. The number of H-pyrrole nitrogens is 1. The lowest BCUT2D eigenvalue weighted by Gasteiger charge is -2.11. The topological polar surface area (TPSA) is 75.6 Å². The maximum Gasteiger partial charge on any atom is 0.255 e. The van der Waals surface area contributed by atoms with Gasteiger partial charge in [0.25, 0.3) is 5.56 Å². The van der Waals surface area contributed by atoms with Gasteiger partial charge in [-0.15, -0.1) is 0 Å².